The number of anilines is 2. The van der Waals surface area contributed by atoms with Crippen molar-refractivity contribution in [3.05, 3.63) is 75.2 Å². The Kier molecular flexibility index (Phi) is 5.98. The number of pyridine rings is 1. The Morgan fingerprint density at radius 1 is 1.25 bits per heavy atom. The second-order valence-electron chi connectivity index (χ2n) is 7.50. The molecular weight excluding hydrogens is 430 g/mol. The summed E-state index contributed by atoms with van der Waals surface area (Å²) < 4.78 is 0. The fraction of sp³-hybridized carbons (Fsp3) is 0.174. The first-order valence-corrected chi connectivity index (χ1v) is 10.4. The molecule has 0 radical (unpaired) electrons. The molecular formula is C23H22ClN5O3. The number of halogens is 1. The molecule has 8 nitrogen and oxygen atoms in total. The van der Waals surface area contributed by atoms with Crippen LogP contribution in [0.4, 0.5) is 11.4 Å². The molecule has 0 spiro atoms. The van der Waals surface area contributed by atoms with Crippen LogP contribution in [0.5, 0.6) is 0 Å². The normalized spacial score (nSPS) is 12.0. The number of H-pyrrole nitrogens is 2. The van der Waals surface area contributed by atoms with E-state index >= 15 is 0 Å². The van der Waals surface area contributed by atoms with E-state index in [1.54, 1.807) is 36.4 Å². The van der Waals surface area contributed by atoms with Gasteiger partial charge in [-0.1, -0.05) is 23.7 Å². The molecule has 9 heteroatoms. The molecule has 0 saturated carbocycles. The molecule has 0 saturated heterocycles. The first kappa shape index (κ1) is 21.6. The van der Waals surface area contributed by atoms with Crippen LogP contribution >= 0.6 is 11.6 Å². The molecule has 0 aliphatic rings. The van der Waals surface area contributed by atoms with Gasteiger partial charge in [-0.2, -0.15) is 0 Å². The highest BCUT2D eigenvalue weighted by molar-refractivity contribution is 6.30. The summed E-state index contributed by atoms with van der Waals surface area (Å²) in [5.74, 6) is 0.206. The standard InChI is InChI=1S/C23H22ClN5O3/c1-12-8-16(27-13(2)30)10-18-21(12)29-22(28-18)20-17(6-7-25-23(20)32)26-11-19(31)14-4-3-5-15(24)9-14/h3-10,19,31H,11H2,1-2H3,(H,27,30)(H,28,29)(H2,25,26,32). The van der Waals surface area contributed by atoms with Crippen LogP contribution in [0, 0.1) is 6.92 Å². The Morgan fingerprint density at radius 2 is 2.06 bits per heavy atom. The van der Waals surface area contributed by atoms with Crippen molar-refractivity contribution in [2.24, 2.45) is 0 Å². The number of imidazole rings is 1. The topological polar surface area (TPSA) is 123 Å². The molecule has 4 rings (SSSR count). The molecule has 1 atom stereocenters. The number of amides is 1. The molecule has 4 aromatic rings. The minimum Gasteiger partial charge on any atom is -0.387 e. The molecule has 0 bridgehead atoms. The van der Waals surface area contributed by atoms with Crippen molar-refractivity contribution in [1.29, 1.82) is 0 Å². The third kappa shape index (κ3) is 4.51. The Balaban J connectivity index is 1.67. The third-order valence-corrected chi connectivity index (χ3v) is 5.25. The average molecular weight is 452 g/mol. The van der Waals surface area contributed by atoms with Crippen LogP contribution in [0.2, 0.25) is 5.02 Å². The Bertz CT molecular complexity index is 1360. The summed E-state index contributed by atoms with van der Waals surface area (Å²) in [4.78, 5) is 34.5. The van der Waals surface area contributed by atoms with Gasteiger partial charge in [0.2, 0.25) is 5.91 Å². The lowest BCUT2D eigenvalue weighted by Gasteiger charge is -2.15. The Morgan fingerprint density at radius 3 is 2.81 bits per heavy atom. The number of aliphatic hydroxyl groups is 1. The fourth-order valence-electron chi connectivity index (χ4n) is 3.58. The van der Waals surface area contributed by atoms with Gasteiger partial charge in [-0.05, 0) is 48.4 Å². The molecule has 0 fully saturated rings. The second-order valence-corrected chi connectivity index (χ2v) is 7.94. The summed E-state index contributed by atoms with van der Waals surface area (Å²) >= 11 is 6.01. The molecule has 164 valence electrons. The molecule has 32 heavy (non-hydrogen) atoms. The summed E-state index contributed by atoms with van der Waals surface area (Å²) in [7, 11) is 0. The smallest absolute Gasteiger partial charge is 0.261 e. The van der Waals surface area contributed by atoms with E-state index < -0.39 is 6.10 Å². The van der Waals surface area contributed by atoms with Crippen molar-refractivity contribution >= 4 is 39.9 Å². The lowest BCUT2D eigenvalue weighted by molar-refractivity contribution is -0.114. The number of hydrogen-bond donors (Lipinski definition) is 5. The number of hydrogen-bond acceptors (Lipinski definition) is 5. The molecule has 1 amide bonds. The van der Waals surface area contributed by atoms with E-state index in [0.717, 1.165) is 5.56 Å². The third-order valence-electron chi connectivity index (χ3n) is 5.01. The van der Waals surface area contributed by atoms with E-state index in [1.165, 1.54) is 13.1 Å². The van der Waals surface area contributed by atoms with Gasteiger partial charge in [0.05, 0.1) is 22.8 Å². The Hall–Kier alpha value is -3.62. The van der Waals surface area contributed by atoms with Gasteiger partial charge in [0.25, 0.3) is 5.56 Å². The van der Waals surface area contributed by atoms with Crippen LogP contribution in [0.1, 0.15) is 24.2 Å². The zero-order valence-corrected chi connectivity index (χ0v) is 18.2. The van der Waals surface area contributed by atoms with E-state index in [0.29, 0.717) is 44.4 Å². The summed E-state index contributed by atoms with van der Waals surface area (Å²) in [6, 6.07) is 12.3. The van der Waals surface area contributed by atoms with Crippen LogP contribution in [0.25, 0.3) is 22.4 Å². The zero-order chi connectivity index (χ0) is 22.8. The minimum atomic E-state index is -0.820. The van der Waals surface area contributed by atoms with Gasteiger partial charge in [0.1, 0.15) is 11.4 Å². The molecule has 5 N–H and O–H groups in total. The molecule has 2 aromatic carbocycles. The average Bonchev–Trinajstić information content (AvgIpc) is 3.15. The highest BCUT2D eigenvalue weighted by Crippen LogP contribution is 2.28. The number of aryl methyl sites for hydroxylation is 1. The minimum absolute atomic E-state index is 0.169. The number of aromatic amines is 2. The monoisotopic (exact) mass is 451 g/mol. The van der Waals surface area contributed by atoms with Crippen LogP contribution in [-0.2, 0) is 4.79 Å². The number of benzene rings is 2. The largest absolute Gasteiger partial charge is 0.387 e. The predicted molar refractivity (Wildman–Crippen MR) is 126 cm³/mol. The first-order valence-electron chi connectivity index (χ1n) is 9.99. The summed E-state index contributed by atoms with van der Waals surface area (Å²) in [5, 5.41) is 17.0. The van der Waals surface area contributed by atoms with Crippen molar-refractivity contribution in [3.63, 3.8) is 0 Å². The highest BCUT2D eigenvalue weighted by atomic mass is 35.5. The SMILES string of the molecule is CC(=O)Nc1cc(C)c2nc(-c3c(NCC(O)c4cccc(Cl)c4)cc[nH]c3=O)[nH]c2c1. The fourth-order valence-corrected chi connectivity index (χ4v) is 3.78. The number of carbonyl (C=O) groups is 1. The van der Waals surface area contributed by atoms with Crippen LogP contribution in [0.3, 0.4) is 0 Å². The molecule has 2 heterocycles. The van der Waals surface area contributed by atoms with E-state index in [2.05, 4.69) is 25.6 Å². The van der Waals surface area contributed by atoms with Crippen molar-refractivity contribution in [2.75, 3.05) is 17.2 Å². The van der Waals surface area contributed by atoms with E-state index in [1.807, 2.05) is 13.0 Å². The summed E-state index contributed by atoms with van der Waals surface area (Å²) in [6.45, 7) is 3.49. The van der Waals surface area contributed by atoms with Crippen molar-refractivity contribution in [3.8, 4) is 11.4 Å². The number of aliphatic hydroxyl groups excluding tert-OH is 1. The number of fused-ring (bicyclic) bond motifs is 1. The van der Waals surface area contributed by atoms with Gasteiger partial charge in [-0.25, -0.2) is 4.98 Å². The van der Waals surface area contributed by atoms with Gasteiger partial charge in [0, 0.05) is 30.4 Å². The van der Waals surface area contributed by atoms with Gasteiger partial charge >= 0.3 is 0 Å². The van der Waals surface area contributed by atoms with Crippen LogP contribution in [-0.4, -0.2) is 32.5 Å². The van der Waals surface area contributed by atoms with E-state index in [9.17, 15) is 14.7 Å². The van der Waals surface area contributed by atoms with Crippen molar-refractivity contribution < 1.29 is 9.90 Å². The maximum absolute atomic E-state index is 12.7. The molecule has 2 aromatic heterocycles. The molecule has 1 unspecified atom stereocenters. The van der Waals surface area contributed by atoms with Gasteiger partial charge in [0.15, 0.2) is 0 Å². The first-order chi connectivity index (χ1) is 15.3. The number of nitrogens with zero attached hydrogens (tertiary/aromatic N) is 1. The highest BCUT2D eigenvalue weighted by Gasteiger charge is 2.17. The lowest BCUT2D eigenvalue weighted by Crippen LogP contribution is -2.17. The lowest BCUT2D eigenvalue weighted by atomic mass is 10.1. The Labute approximate surface area is 188 Å². The molecule has 0 aliphatic carbocycles. The van der Waals surface area contributed by atoms with Gasteiger partial charge < -0.3 is 25.7 Å². The summed E-state index contributed by atoms with van der Waals surface area (Å²) in [5.41, 5.74) is 4.07. The van der Waals surface area contributed by atoms with Crippen molar-refractivity contribution in [2.45, 2.75) is 20.0 Å². The predicted octanol–water partition coefficient (Wildman–Crippen LogP) is 3.98. The van der Waals surface area contributed by atoms with E-state index in [4.69, 9.17) is 11.6 Å². The molecule has 0 aliphatic heterocycles. The number of rotatable bonds is 6. The second kappa shape index (κ2) is 8.86. The van der Waals surface area contributed by atoms with Gasteiger partial charge in [-0.15, -0.1) is 0 Å². The number of aromatic nitrogens is 3. The van der Waals surface area contributed by atoms with Gasteiger partial charge in [-0.3, -0.25) is 9.59 Å². The maximum Gasteiger partial charge on any atom is 0.261 e. The zero-order valence-electron chi connectivity index (χ0n) is 17.5. The maximum atomic E-state index is 12.7. The van der Waals surface area contributed by atoms with Crippen LogP contribution < -0.4 is 16.2 Å². The van der Waals surface area contributed by atoms with Crippen LogP contribution in [0.15, 0.2) is 53.5 Å². The van der Waals surface area contributed by atoms with E-state index in [-0.39, 0.29) is 18.0 Å². The summed E-state index contributed by atoms with van der Waals surface area (Å²) in [6.07, 6.45) is 0.710. The number of carbonyl (C=O) groups excluding carboxylic acids is 1. The van der Waals surface area contributed by atoms with Crippen molar-refractivity contribution in [1.82, 2.24) is 15.0 Å². The quantitative estimate of drug-likeness (QED) is 0.303. The number of nitrogens with one attached hydrogen (secondary N) is 4.